The van der Waals surface area contributed by atoms with Gasteiger partial charge in [0.25, 0.3) is 5.56 Å². The summed E-state index contributed by atoms with van der Waals surface area (Å²) < 4.78 is 34.7. The van der Waals surface area contributed by atoms with E-state index in [0.717, 1.165) is 0 Å². The second kappa shape index (κ2) is 10.8. The minimum atomic E-state index is -5.96. The Balaban J connectivity index is 0.00000364. The normalized spacial score (nSPS) is 26.6. The van der Waals surface area contributed by atoms with Crippen LogP contribution in [-0.2, 0) is 18.2 Å². The fourth-order valence-electron chi connectivity index (χ4n) is 2.10. The first-order valence-electron chi connectivity index (χ1n) is 6.58. The monoisotopic (exact) mass is 464 g/mol. The van der Waals surface area contributed by atoms with E-state index in [4.69, 9.17) is 9.84 Å². The van der Waals surface area contributed by atoms with Gasteiger partial charge < -0.3 is 38.9 Å². The predicted molar refractivity (Wildman–Crippen MR) is 73.5 cm³/mol. The molecule has 5 N–H and O–H groups in total. The molecule has 0 bridgehead atoms. The maximum Gasteiger partial charge on any atom is 1.00 e. The third-order valence-electron chi connectivity index (χ3n) is 3.14. The zero-order valence-electron chi connectivity index (χ0n) is 14.4. The molecule has 148 valence electrons. The van der Waals surface area contributed by atoms with E-state index in [2.05, 4.69) is 8.83 Å². The molecule has 2 heterocycles. The largest absolute Gasteiger partial charge is 1.00 e. The molecule has 5 unspecified atom stereocenters. The van der Waals surface area contributed by atoms with Crippen LogP contribution in [-0.4, -0.2) is 54.7 Å². The fourth-order valence-corrected chi connectivity index (χ4v) is 3.62. The van der Waals surface area contributed by atoms with Crippen LogP contribution >= 0.6 is 15.6 Å². The van der Waals surface area contributed by atoms with Crippen LogP contribution in [0.4, 0.5) is 0 Å². The molecule has 1 fully saturated rings. The number of phosphoric ester groups is 1. The topological polar surface area (TPSA) is 244 Å². The van der Waals surface area contributed by atoms with Crippen molar-refractivity contribution >= 4 is 15.6 Å². The Morgan fingerprint density at radius 2 is 1.79 bits per heavy atom. The van der Waals surface area contributed by atoms with Gasteiger partial charge in [-0.2, -0.15) is 0 Å². The molecule has 0 amide bonds. The Hall–Kier alpha value is 0.620. The molecule has 28 heavy (non-hydrogen) atoms. The van der Waals surface area contributed by atoms with Crippen molar-refractivity contribution < 1.29 is 112 Å². The summed E-state index contributed by atoms with van der Waals surface area (Å²) in [6.07, 6.45) is -5.82. The van der Waals surface area contributed by atoms with Crippen molar-refractivity contribution in [3.05, 3.63) is 27.0 Å². The Kier molecular flexibility index (Phi) is 11.0. The fraction of sp³-hybridized carbons (Fsp3) is 0.556. The number of rotatable bonds is 6. The van der Waals surface area contributed by atoms with Gasteiger partial charge in [0.1, 0.15) is 18.3 Å². The Labute approximate surface area is 199 Å². The molecule has 2 rings (SSSR count). The molecular weight excluding hydrogens is 452 g/mol. The number of H-pyrrole nitrogens is 1. The first-order chi connectivity index (χ1) is 11.8. The minimum Gasteiger partial charge on any atom is -0.789 e. The maximum atomic E-state index is 11.8. The SMILES string of the molecule is O=c1[nH]c(=O)n(C2OC(CO)C(O)C2O)cc1OP(=O)(O)OP(=O)([O-])[O-].[Na+].[Na+]. The molecule has 15 nitrogen and oxygen atoms in total. The molecule has 5 atom stereocenters. The van der Waals surface area contributed by atoms with E-state index in [1.165, 1.54) is 0 Å². The summed E-state index contributed by atoms with van der Waals surface area (Å²) in [5.74, 6) is -1.14. The number of nitrogens with one attached hydrogen (secondary N) is 1. The first kappa shape index (κ1) is 28.6. The Bertz CT molecular complexity index is 883. The molecule has 1 saturated heterocycles. The Morgan fingerprint density at radius 1 is 1.21 bits per heavy atom. The summed E-state index contributed by atoms with van der Waals surface area (Å²) in [7, 11) is -11.5. The zero-order valence-corrected chi connectivity index (χ0v) is 20.2. The number of aromatic nitrogens is 2. The smallest absolute Gasteiger partial charge is 0.789 e. The average molecular weight is 464 g/mol. The van der Waals surface area contributed by atoms with Crippen LogP contribution in [0.2, 0.25) is 0 Å². The van der Waals surface area contributed by atoms with Gasteiger partial charge >= 0.3 is 72.6 Å². The number of ether oxygens (including phenoxy) is 1. The van der Waals surface area contributed by atoms with Crippen LogP contribution in [0.1, 0.15) is 6.23 Å². The Morgan fingerprint density at radius 3 is 2.25 bits per heavy atom. The quantitative estimate of drug-likeness (QED) is 0.194. The molecule has 0 spiro atoms. The minimum absolute atomic E-state index is 0. The number of hydrogen-bond acceptors (Lipinski definition) is 12. The van der Waals surface area contributed by atoms with Crippen molar-refractivity contribution in [1.82, 2.24) is 9.55 Å². The van der Waals surface area contributed by atoms with E-state index in [0.29, 0.717) is 10.8 Å². The zero-order chi connectivity index (χ0) is 19.9. The van der Waals surface area contributed by atoms with Crippen LogP contribution in [0.25, 0.3) is 0 Å². The van der Waals surface area contributed by atoms with Crippen molar-refractivity contribution in [2.24, 2.45) is 0 Å². The van der Waals surface area contributed by atoms with E-state index >= 15 is 0 Å². The third-order valence-corrected chi connectivity index (χ3v) is 5.20. The predicted octanol–water partition coefficient (Wildman–Crippen LogP) is -10.5. The van der Waals surface area contributed by atoms with E-state index in [9.17, 15) is 43.6 Å². The van der Waals surface area contributed by atoms with Gasteiger partial charge in [0.2, 0.25) is 5.75 Å². The van der Waals surface area contributed by atoms with E-state index < -0.39 is 63.8 Å². The second-order valence-electron chi connectivity index (χ2n) is 4.98. The number of aliphatic hydroxyl groups is 3. The second-order valence-corrected chi connectivity index (χ2v) is 7.64. The van der Waals surface area contributed by atoms with Crippen molar-refractivity contribution in [3.8, 4) is 5.75 Å². The van der Waals surface area contributed by atoms with E-state index in [1.54, 1.807) is 4.98 Å². The third kappa shape index (κ3) is 7.10. The number of nitrogens with zero attached hydrogens (tertiary/aromatic N) is 1. The molecule has 19 heteroatoms. The number of hydrogen-bond donors (Lipinski definition) is 5. The molecule has 0 aliphatic carbocycles. The van der Waals surface area contributed by atoms with Gasteiger partial charge in [0, 0.05) is 0 Å². The molecular formula is C9H12N2Na2O13P2. The summed E-state index contributed by atoms with van der Waals surface area (Å²) in [5, 5.41) is 28.5. The van der Waals surface area contributed by atoms with Gasteiger partial charge in [-0.1, -0.05) is 0 Å². The summed E-state index contributed by atoms with van der Waals surface area (Å²) in [6, 6.07) is 0. The van der Waals surface area contributed by atoms with Crippen LogP contribution in [0.5, 0.6) is 5.75 Å². The molecule has 0 aromatic carbocycles. The van der Waals surface area contributed by atoms with Crippen LogP contribution < -0.4 is 84.7 Å². The summed E-state index contributed by atoms with van der Waals surface area (Å²) >= 11 is 0. The molecule has 1 aliphatic heterocycles. The number of aliphatic hydroxyl groups excluding tert-OH is 3. The average Bonchev–Trinajstić information content (AvgIpc) is 2.75. The van der Waals surface area contributed by atoms with Crippen molar-refractivity contribution in [2.75, 3.05) is 6.61 Å². The van der Waals surface area contributed by atoms with Gasteiger partial charge in [0.05, 0.1) is 20.6 Å². The van der Waals surface area contributed by atoms with E-state index in [1.807, 2.05) is 0 Å². The molecule has 1 aliphatic rings. The maximum absolute atomic E-state index is 11.8. The molecule has 0 radical (unpaired) electrons. The summed E-state index contributed by atoms with van der Waals surface area (Å²) in [6.45, 7) is -0.724. The van der Waals surface area contributed by atoms with Crippen LogP contribution in [0.3, 0.4) is 0 Å². The van der Waals surface area contributed by atoms with Crippen LogP contribution in [0.15, 0.2) is 15.8 Å². The van der Waals surface area contributed by atoms with Gasteiger partial charge in [0.15, 0.2) is 6.23 Å². The first-order valence-corrected chi connectivity index (χ1v) is 9.54. The number of aromatic amines is 1. The number of phosphoric acid groups is 2. The van der Waals surface area contributed by atoms with Crippen molar-refractivity contribution in [2.45, 2.75) is 24.5 Å². The van der Waals surface area contributed by atoms with Crippen molar-refractivity contribution in [3.63, 3.8) is 0 Å². The summed E-state index contributed by atoms with van der Waals surface area (Å²) in [4.78, 5) is 55.0. The molecule has 0 saturated carbocycles. The van der Waals surface area contributed by atoms with Gasteiger partial charge in [-0.15, -0.1) is 0 Å². The molecule has 1 aromatic rings. The van der Waals surface area contributed by atoms with E-state index in [-0.39, 0.29) is 59.1 Å². The van der Waals surface area contributed by atoms with Gasteiger partial charge in [-0.3, -0.25) is 19.2 Å². The van der Waals surface area contributed by atoms with Gasteiger partial charge in [-0.05, 0) is 0 Å². The van der Waals surface area contributed by atoms with Crippen molar-refractivity contribution in [1.29, 1.82) is 0 Å². The standard InChI is InChI=1S/C9H14N2O13P2.2Na/c12-2-4-5(13)6(14)8(22-4)11-1-3(7(15)10-9(11)16)23-26(20,21)24-25(17,18)19;;/h1,4-6,8,12-14H,2H2,(H,20,21)(H,10,15,16)(H2,17,18,19);;/q;2*+1/p-2. The summed E-state index contributed by atoms with van der Waals surface area (Å²) in [5.41, 5.74) is -2.60. The molecule has 1 aromatic heterocycles. The van der Waals surface area contributed by atoms with Crippen LogP contribution in [0, 0.1) is 0 Å². The van der Waals surface area contributed by atoms with Gasteiger partial charge in [-0.25, -0.2) is 13.7 Å².